The summed E-state index contributed by atoms with van der Waals surface area (Å²) < 4.78 is 34.5. The Kier molecular flexibility index (Phi) is 8.82. The van der Waals surface area contributed by atoms with Gasteiger partial charge in [-0.1, -0.05) is 66.8 Å². The van der Waals surface area contributed by atoms with E-state index in [1.807, 2.05) is 66.9 Å². The van der Waals surface area contributed by atoms with Gasteiger partial charge in [0.15, 0.2) is 0 Å². The molecule has 198 valence electrons. The Morgan fingerprint density at radius 2 is 1.78 bits per heavy atom. The van der Waals surface area contributed by atoms with Crippen molar-refractivity contribution in [2.45, 2.75) is 69.4 Å². The molecule has 0 radical (unpaired) electrons. The molecule has 1 aromatic heterocycles. The highest BCUT2D eigenvalue weighted by molar-refractivity contribution is 7.90. The second-order valence-corrected chi connectivity index (χ2v) is 11.9. The van der Waals surface area contributed by atoms with Gasteiger partial charge in [0.05, 0.1) is 30.8 Å². The minimum atomic E-state index is -3.70. The normalized spacial score (nSPS) is 14.6. The first kappa shape index (κ1) is 27.1. The lowest BCUT2D eigenvalue weighted by molar-refractivity contribution is 0.0673. The first-order valence-electron chi connectivity index (χ1n) is 13.0. The molecule has 0 aliphatic heterocycles. The molecule has 1 fully saturated rings. The number of carbonyl (C=O) groups excluding carboxylic acids is 1. The van der Waals surface area contributed by atoms with Crippen LogP contribution in [-0.2, 0) is 26.9 Å². The number of hydrogen-bond donors (Lipinski definition) is 0. The number of nitrogens with zero attached hydrogens (tertiary/aromatic N) is 3. The summed E-state index contributed by atoms with van der Waals surface area (Å²) in [6.07, 6.45) is 6.70. The van der Waals surface area contributed by atoms with E-state index in [0.29, 0.717) is 18.7 Å². The molecule has 1 aliphatic rings. The minimum absolute atomic E-state index is 0.0484. The third-order valence-electron chi connectivity index (χ3n) is 7.00. The Bertz CT molecular complexity index is 1310. The molecule has 0 saturated heterocycles. The van der Waals surface area contributed by atoms with E-state index < -0.39 is 9.84 Å². The van der Waals surface area contributed by atoms with Crippen molar-refractivity contribution in [2.24, 2.45) is 0 Å². The molecule has 0 atom stereocenters. The fraction of sp³-hybridized carbons (Fsp3) is 0.448. The van der Waals surface area contributed by atoms with Gasteiger partial charge >= 0.3 is 0 Å². The summed E-state index contributed by atoms with van der Waals surface area (Å²) in [5.41, 5.74) is 4.19. The maximum Gasteiger partial charge on any atom is 0.254 e. The van der Waals surface area contributed by atoms with Crippen LogP contribution < -0.4 is 0 Å². The predicted molar refractivity (Wildman–Crippen MR) is 144 cm³/mol. The Hall–Kier alpha value is -2.97. The third kappa shape index (κ3) is 6.67. The van der Waals surface area contributed by atoms with E-state index in [9.17, 15) is 13.2 Å². The van der Waals surface area contributed by atoms with E-state index in [-0.39, 0.29) is 29.4 Å². The smallest absolute Gasteiger partial charge is 0.254 e. The number of aryl methyl sites for hydroxylation is 2. The van der Waals surface area contributed by atoms with Crippen LogP contribution in [0.3, 0.4) is 0 Å². The van der Waals surface area contributed by atoms with Gasteiger partial charge in [-0.3, -0.25) is 4.79 Å². The third-order valence-corrected chi connectivity index (χ3v) is 8.57. The van der Waals surface area contributed by atoms with Crippen LogP contribution in [0.2, 0.25) is 0 Å². The van der Waals surface area contributed by atoms with Crippen LogP contribution in [0.15, 0.2) is 59.9 Å². The molecular formula is C29H37N3O4S. The number of benzene rings is 2. The summed E-state index contributed by atoms with van der Waals surface area (Å²) in [6, 6.07) is 15.1. The van der Waals surface area contributed by atoms with Gasteiger partial charge in [0.1, 0.15) is 0 Å². The van der Waals surface area contributed by atoms with Gasteiger partial charge < -0.3 is 14.2 Å². The lowest BCUT2D eigenvalue weighted by Crippen LogP contribution is -2.35. The van der Waals surface area contributed by atoms with Crippen molar-refractivity contribution in [1.82, 2.24) is 14.5 Å². The Balaban J connectivity index is 1.69. The molecule has 0 spiro atoms. The monoisotopic (exact) mass is 523 g/mol. The number of aromatic nitrogens is 2. The van der Waals surface area contributed by atoms with Gasteiger partial charge in [-0.2, -0.15) is 0 Å². The van der Waals surface area contributed by atoms with Gasteiger partial charge in [-0.05, 0) is 44.4 Å². The molecule has 3 aromatic rings. The first-order chi connectivity index (χ1) is 17.8. The quantitative estimate of drug-likeness (QED) is 0.362. The topological polar surface area (TPSA) is 81.5 Å². The van der Waals surface area contributed by atoms with Gasteiger partial charge in [-0.15, -0.1) is 0 Å². The molecule has 7 nitrogen and oxygen atoms in total. The maximum atomic E-state index is 13.7. The van der Waals surface area contributed by atoms with Crippen molar-refractivity contribution in [3.63, 3.8) is 0 Å². The van der Waals surface area contributed by atoms with Gasteiger partial charge in [-0.25, -0.2) is 13.4 Å². The number of imidazole rings is 1. The molecule has 1 heterocycles. The van der Waals surface area contributed by atoms with E-state index in [1.165, 1.54) is 0 Å². The van der Waals surface area contributed by atoms with Crippen LogP contribution >= 0.6 is 0 Å². The average molecular weight is 524 g/mol. The number of hydrogen-bond acceptors (Lipinski definition) is 5. The highest BCUT2D eigenvalue weighted by Gasteiger charge is 2.30. The second kappa shape index (κ2) is 12.0. The van der Waals surface area contributed by atoms with Gasteiger partial charge in [0.25, 0.3) is 5.91 Å². The zero-order chi connectivity index (χ0) is 26.4. The number of methoxy groups -OCH3 is 1. The fourth-order valence-electron chi connectivity index (χ4n) is 5.07. The SMILES string of the molecule is COCCN(Cc1cnc(S(=O)(=O)Cc2cccc(C)c2)n1C1CCCCC1)C(=O)c1ccc(C)cc1. The van der Waals surface area contributed by atoms with Crippen molar-refractivity contribution in [1.29, 1.82) is 0 Å². The lowest BCUT2D eigenvalue weighted by atomic mass is 9.95. The van der Waals surface area contributed by atoms with Crippen LogP contribution in [0, 0.1) is 13.8 Å². The van der Waals surface area contributed by atoms with E-state index in [1.54, 1.807) is 18.2 Å². The minimum Gasteiger partial charge on any atom is -0.383 e. The van der Waals surface area contributed by atoms with E-state index in [2.05, 4.69) is 4.98 Å². The highest BCUT2D eigenvalue weighted by Crippen LogP contribution is 2.33. The molecular weight excluding hydrogens is 486 g/mol. The average Bonchev–Trinajstić information content (AvgIpc) is 3.31. The molecule has 8 heteroatoms. The molecule has 1 amide bonds. The molecule has 2 aromatic carbocycles. The van der Waals surface area contributed by atoms with Crippen LogP contribution in [0.5, 0.6) is 0 Å². The van der Waals surface area contributed by atoms with E-state index in [4.69, 9.17) is 4.74 Å². The van der Waals surface area contributed by atoms with Gasteiger partial charge in [0.2, 0.25) is 15.0 Å². The molecule has 37 heavy (non-hydrogen) atoms. The molecule has 1 saturated carbocycles. The fourth-order valence-corrected chi connectivity index (χ4v) is 6.59. The Morgan fingerprint density at radius 1 is 1.05 bits per heavy atom. The summed E-state index contributed by atoms with van der Waals surface area (Å²) >= 11 is 0. The lowest BCUT2D eigenvalue weighted by Gasteiger charge is -2.29. The molecule has 0 N–H and O–H groups in total. The van der Waals surface area contributed by atoms with Gasteiger partial charge in [0, 0.05) is 25.3 Å². The van der Waals surface area contributed by atoms with Crippen LogP contribution in [-0.4, -0.2) is 49.0 Å². The van der Waals surface area contributed by atoms with Crippen molar-refractivity contribution < 1.29 is 17.9 Å². The summed E-state index contributed by atoms with van der Waals surface area (Å²) in [5.74, 6) is -0.217. The van der Waals surface area contributed by atoms with Crippen molar-refractivity contribution in [3.8, 4) is 0 Å². The van der Waals surface area contributed by atoms with Crippen LogP contribution in [0.25, 0.3) is 0 Å². The number of ether oxygens (including phenoxy) is 1. The molecule has 0 bridgehead atoms. The highest BCUT2D eigenvalue weighted by atomic mass is 32.2. The van der Waals surface area contributed by atoms with Crippen molar-refractivity contribution in [2.75, 3.05) is 20.3 Å². The Labute approximate surface area is 220 Å². The zero-order valence-corrected chi connectivity index (χ0v) is 22.8. The largest absolute Gasteiger partial charge is 0.383 e. The first-order valence-corrected chi connectivity index (χ1v) is 14.6. The summed E-state index contributed by atoms with van der Waals surface area (Å²) in [5, 5.41) is 0.102. The molecule has 4 rings (SSSR count). The van der Waals surface area contributed by atoms with Crippen molar-refractivity contribution in [3.05, 3.63) is 82.7 Å². The molecule has 1 aliphatic carbocycles. The number of sulfone groups is 1. The summed E-state index contributed by atoms with van der Waals surface area (Å²) in [4.78, 5) is 19.6. The number of carbonyl (C=O) groups is 1. The van der Waals surface area contributed by atoms with Crippen molar-refractivity contribution >= 4 is 15.7 Å². The number of amides is 1. The predicted octanol–water partition coefficient (Wildman–Crippen LogP) is 5.27. The molecule has 0 unspecified atom stereocenters. The van der Waals surface area contributed by atoms with Crippen LogP contribution in [0.1, 0.15) is 70.9 Å². The standard InChI is InChI=1S/C29H37N3O4S/c1-22-12-14-25(15-13-22)28(33)31(16-17-36-3)20-27-19-30-29(32(27)26-10-5-4-6-11-26)37(34,35)21-24-9-7-8-23(2)18-24/h7-9,12-15,18-19,26H,4-6,10-11,16-17,20-21H2,1-3H3. The number of rotatable bonds is 10. The summed E-state index contributed by atoms with van der Waals surface area (Å²) in [7, 11) is -2.09. The van der Waals surface area contributed by atoms with E-state index in [0.717, 1.165) is 54.5 Å². The maximum absolute atomic E-state index is 13.7. The second-order valence-electron chi connectivity index (χ2n) is 10.0. The van der Waals surface area contributed by atoms with E-state index >= 15 is 0 Å². The summed E-state index contributed by atoms with van der Waals surface area (Å²) in [6.45, 7) is 4.98. The van der Waals surface area contributed by atoms with Crippen LogP contribution in [0.4, 0.5) is 0 Å². The Morgan fingerprint density at radius 3 is 2.46 bits per heavy atom. The zero-order valence-electron chi connectivity index (χ0n) is 22.0.